The first kappa shape index (κ1) is 22.1. The second kappa shape index (κ2) is 9.83. The van der Waals surface area contributed by atoms with E-state index in [-0.39, 0.29) is 23.3 Å². The molecule has 0 saturated carbocycles. The van der Waals surface area contributed by atoms with Crippen LogP contribution in [0.2, 0.25) is 0 Å². The predicted molar refractivity (Wildman–Crippen MR) is 104 cm³/mol. The first-order chi connectivity index (χ1) is 13.7. The molecule has 2 rings (SSSR count). The molecule has 156 valence electrons. The lowest BCUT2D eigenvalue weighted by atomic mass is 10.1. The Hall–Kier alpha value is -3.20. The number of nitro benzene ring substituents is 1. The summed E-state index contributed by atoms with van der Waals surface area (Å²) in [5, 5.41) is 10.6. The van der Waals surface area contributed by atoms with Crippen LogP contribution >= 0.6 is 0 Å². The van der Waals surface area contributed by atoms with Gasteiger partial charge in [-0.05, 0) is 39.0 Å². The zero-order valence-electron chi connectivity index (χ0n) is 16.8. The van der Waals surface area contributed by atoms with Crippen LogP contribution in [-0.2, 0) is 14.3 Å². The van der Waals surface area contributed by atoms with Gasteiger partial charge in [-0.25, -0.2) is 4.79 Å². The Morgan fingerprint density at radius 2 is 1.83 bits per heavy atom. The number of non-ortho nitro benzene ring substituents is 1. The van der Waals surface area contributed by atoms with Gasteiger partial charge in [0.1, 0.15) is 5.75 Å². The van der Waals surface area contributed by atoms with Crippen molar-refractivity contribution in [2.75, 3.05) is 26.9 Å². The van der Waals surface area contributed by atoms with E-state index in [2.05, 4.69) is 0 Å². The van der Waals surface area contributed by atoms with Crippen LogP contribution in [0, 0.1) is 24.0 Å². The Morgan fingerprint density at radius 3 is 2.41 bits per heavy atom. The van der Waals surface area contributed by atoms with Crippen LogP contribution in [0.4, 0.5) is 5.69 Å². The highest BCUT2D eigenvalue weighted by molar-refractivity contribution is 5.99. The molecule has 9 nitrogen and oxygen atoms in total. The summed E-state index contributed by atoms with van der Waals surface area (Å²) in [5.41, 5.74) is 2.12. The van der Waals surface area contributed by atoms with E-state index in [0.717, 1.165) is 11.4 Å². The fourth-order valence-electron chi connectivity index (χ4n) is 3.13. The number of carbonyl (C=O) groups excluding carboxylic acids is 2. The second-order valence-corrected chi connectivity index (χ2v) is 6.58. The molecule has 1 heterocycles. The lowest BCUT2D eigenvalue weighted by Crippen LogP contribution is -2.20. The molecular formula is C20H24N2O7. The summed E-state index contributed by atoms with van der Waals surface area (Å²) in [4.78, 5) is 34.4. The average Bonchev–Trinajstić information content (AvgIpc) is 2.99. The van der Waals surface area contributed by atoms with Crippen molar-refractivity contribution < 1.29 is 28.7 Å². The smallest absolute Gasteiger partial charge is 0.344 e. The Balaban J connectivity index is 1.89. The molecule has 9 heteroatoms. The molecule has 0 aliphatic carbocycles. The summed E-state index contributed by atoms with van der Waals surface area (Å²) in [7, 11) is 1.62. The summed E-state index contributed by atoms with van der Waals surface area (Å²) in [6.07, 6.45) is 0. The van der Waals surface area contributed by atoms with Gasteiger partial charge in [-0.2, -0.15) is 0 Å². The zero-order chi connectivity index (χ0) is 21.6. The van der Waals surface area contributed by atoms with Crippen molar-refractivity contribution >= 4 is 17.4 Å². The number of aromatic nitrogens is 1. The molecule has 0 spiro atoms. The number of benzene rings is 1. The molecule has 0 N–H and O–H groups in total. The molecule has 0 bridgehead atoms. The van der Waals surface area contributed by atoms with Gasteiger partial charge in [0.15, 0.2) is 13.2 Å². The Kier molecular flexibility index (Phi) is 7.49. The number of carbonyl (C=O) groups is 2. The summed E-state index contributed by atoms with van der Waals surface area (Å²) in [6.45, 7) is 5.44. The predicted octanol–water partition coefficient (Wildman–Crippen LogP) is 3.03. The molecule has 0 radical (unpaired) electrons. The molecule has 0 saturated heterocycles. The fourth-order valence-corrected chi connectivity index (χ4v) is 3.13. The maximum Gasteiger partial charge on any atom is 0.344 e. The first-order valence-electron chi connectivity index (χ1n) is 8.98. The number of rotatable bonds is 10. The van der Waals surface area contributed by atoms with Crippen LogP contribution in [-0.4, -0.2) is 48.2 Å². The van der Waals surface area contributed by atoms with E-state index < -0.39 is 24.1 Å². The van der Waals surface area contributed by atoms with Crippen molar-refractivity contribution in [3.8, 4) is 5.75 Å². The summed E-state index contributed by atoms with van der Waals surface area (Å²) in [5.74, 6) is -0.731. The lowest BCUT2D eigenvalue weighted by molar-refractivity contribution is -0.384. The van der Waals surface area contributed by atoms with Crippen LogP contribution in [0.5, 0.6) is 5.75 Å². The Morgan fingerprint density at radius 1 is 1.17 bits per heavy atom. The molecule has 29 heavy (non-hydrogen) atoms. The number of nitro groups is 1. The molecule has 1 atom stereocenters. The normalized spacial score (nSPS) is 11.7. The van der Waals surface area contributed by atoms with Gasteiger partial charge < -0.3 is 18.8 Å². The highest BCUT2D eigenvalue weighted by atomic mass is 16.6. The topological polar surface area (TPSA) is 110 Å². The van der Waals surface area contributed by atoms with Gasteiger partial charge in [0.2, 0.25) is 5.78 Å². The zero-order valence-corrected chi connectivity index (χ0v) is 16.8. The molecule has 0 aliphatic rings. The molecular weight excluding hydrogens is 380 g/mol. The maximum absolute atomic E-state index is 12.5. The van der Waals surface area contributed by atoms with Gasteiger partial charge in [0.05, 0.1) is 17.6 Å². The number of esters is 1. The monoisotopic (exact) mass is 404 g/mol. The highest BCUT2D eigenvalue weighted by Gasteiger charge is 2.20. The number of ketones is 1. The van der Waals surface area contributed by atoms with Crippen LogP contribution in [0.15, 0.2) is 30.3 Å². The van der Waals surface area contributed by atoms with Gasteiger partial charge in [-0.15, -0.1) is 0 Å². The van der Waals surface area contributed by atoms with Crippen molar-refractivity contribution in [3.63, 3.8) is 0 Å². The standard InChI is InChI=1S/C20H24N2O7/c1-13-9-18(15(3)21(13)14(2)10-27-4)19(23)11-29-20(24)12-28-17-7-5-16(6-8-17)22(25)26/h5-9,14H,10-12H2,1-4H3/t14-/m1/s1. The van der Waals surface area contributed by atoms with E-state index in [1.807, 2.05) is 25.3 Å². The van der Waals surface area contributed by atoms with E-state index >= 15 is 0 Å². The number of hydrogen-bond acceptors (Lipinski definition) is 7. The van der Waals surface area contributed by atoms with Gasteiger partial charge in [-0.3, -0.25) is 14.9 Å². The van der Waals surface area contributed by atoms with Gasteiger partial charge >= 0.3 is 5.97 Å². The summed E-state index contributed by atoms with van der Waals surface area (Å²) < 4.78 is 17.4. The number of nitrogens with zero attached hydrogens (tertiary/aromatic N) is 2. The van der Waals surface area contributed by atoms with Gasteiger partial charge in [0, 0.05) is 36.2 Å². The molecule has 1 aromatic heterocycles. The molecule has 2 aromatic rings. The molecule has 1 aromatic carbocycles. The van der Waals surface area contributed by atoms with E-state index in [1.165, 1.54) is 24.3 Å². The number of aryl methyl sites for hydroxylation is 1. The highest BCUT2D eigenvalue weighted by Crippen LogP contribution is 2.21. The van der Waals surface area contributed by atoms with Crippen LogP contribution in [0.25, 0.3) is 0 Å². The third-order valence-corrected chi connectivity index (χ3v) is 4.40. The van der Waals surface area contributed by atoms with E-state index in [4.69, 9.17) is 14.2 Å². The van der Waals surface area contributed by atoms with Crippen molar-refractivity contribution in [3.05, 3.63) is 57.4 Å². The van der Waals surface area contributed by atoms with Crippen molar-refractivity contribution in [2.24, 2.45) is 0 Å². The second-order valence-electron chi connectivity index (χ2n) is 6.58. The van der Waals surface area contributed by atoms with Crippen molar-refractivity contribution in [1.29, 1.82) is 0 Å². The minimum Gasteiger partial charge on any atom is -0.482 e. The minimum atomic E-state index is -0.710. The average molecular weight is 404 g/mol. The van der Waals surface area contributed by atoms with Gasteiger partial charge in [-0.1, -0.05) is 0 Å². The number of ether oxygens (including phenoxy) is 3. The molecule has 0 fully saturated rings. The molecule has 0 unspecified atom stereocenters. The SMILES string of the molecule is COC[C@@H](C)n1c(C)cc(C(=O)COC(=O)COc2ccc([N+](=O)[O-])cc2)c1C. The number of hydrogen-bond donors (Lipinski definition) is 0. The lowest BCUT2D eigenvalue weighted by Gasteiger charge is -2.17. The summed E-state index contributed by atoms with van der Waals surface area (Å²) >= 11 is 0. The van der Waals surface area contributed by atoms with Crippen molar-refractivity contribution in [2.45, 2.75) is 26.8 Å². The third-order valence-electron chi connectivity index (χ3n) is 4.40. The Bertz CT molecular complexity index is 887. The maximum atomic E-state index is 12.5. The van der Waals surface area contributed by atoms with Crippen LogP contribution < -0.4 is 4.74 Å². The van der Waals surface area contributed by atoms with Crippen LogP contribution in [0.3, 0.4) is 0 Å². The summed E-state index contributed by atoms with van der Waals surface area (Å²) in [6, 6.07) is 7.14. The van der Waals surface area contributed by atoms with E-state index in [9.17, 15) is 19.7 Å². The van der Waals surface area contributed by atoms with Crippen molar-refractivity contribution in [1.82, 2.24) is 4.57 Å². The van der Waals surface area contributed by atoms with Crippen LogP contribution in [0.1, 0.15) is 34.7 Å². The quantitative estimate of drug-likeness (QED) is 0.259. The number of methoxy groups -OCH3 is 1. The van der Waals surface area contributed by atoms with E-state index in [1.54, 1.807) is 13.2 Å². The Labute approximate surface area is 168 Å². The fraction of sp³-hybridized carbons (Fsp3) is 0.400. The first-order valence-corrected chi connectivity index (χ1v) is 8.98. The third kappa shape index (κ3) is 5.64. The minimum absolute atomic E-state index is 0.0687. The largest absolute Gasteiger partial charge is 0.482 e. The van der Waals surface area contributed by atoms with Gasteiger partial charge in [0.25, 0.3) is 5.69 Å². The number of Topliss-reactive ketones (excluding diaryl/α,β-unsaturated/α-hetero) is 1. The molecule has 0 aliphatic heterocycles. The molecule has 0 amide bonds. The van der Waals surface area contributed by atoms with E-state index in [0.29, 0.717) is 12.2 Å².